The fraction of sp³-hybridized carbons (Fsp3) is 0.692. The van der Waals surface area contributed by atoms with Crippen LogP contribution in [0, 0.1) is 5.92 Å². The van der Waals surface area contributed by atoms with Crippen LogP contribution in [0.3, 0.4) is 0 Å². The lowest BCUT2D eigenvalue weighted by Gasteiger charge is -2.18. The molecule has 1 aromatic heterocycles. The maximum Gasteiger partial charge on any atom is 0.156 e. The van der Waals surface area contributed by atoms with Crippen LogP contribution in [0.25, 0.3) is 0 Å². The number of thioether (sulfide) groups is 1. The van der Waals surface area contributed by atoms with E-state index in [1.807, 2.05) is 23.3 Å². The summed E-state index contributed by atoms with van der Waals surface area (Å²) >= 11 is 3.65. The van der Waals surface area contributed by atoms with Crippen LogP contribution in [-0.2, 0) is 6.42 Å². The summed E-state index contributed by atoms with van der Waals surface area (Å²) in [4.78, 5) is 8.89. The molecule has 5 heteroatoms. The van der Waals surface area contributed by atoms with Crippen LogP contribution in [0.2, 0.25) is 0 Å². The number of hydrogen-bond acceptors (Lipinski definition) is 5. The second-order valence-corrected chi connectivity index (χ2v) is 6.69. The Kier molecular flexibility index (Phi) is 5.50. The summed E-state index contributed by atoms with van der Waals surface area (Å²) in [5.74, 6) is 0.803. The van der Waals surface area contributed by atoms with Crippen LogP contribution < -0.4 is 5.32 Å². The molecule has 3 nitrogen and oxygen atoms in total. The SMILES string of the molecule is CCC(CC)C1CN=C(NCCc2nccs2)S1. The lowest BCUT2D eigenvalue weighted by Crippen LogP contribution is -2.23. The zero-order chi connectivity index (χ0) is 12.8. The van der Waals surface area contributed by atoms with Gasteiger partial charge in [0.15, 0.2) is 5.17 Å². The van der Waals surface area contributed by atoms with Gasteiger partial charge in [-0.15, -0.1) is 11.3 Å². The van der Waals surface area contributed by atoms with E-state index >= 15 is 0 Å². The maximum absolute atomic E-state index is 4.60. The Morgan fingerprint density at radius 3 is 2.94 bits per heavy atom. The van der Waals surface area contributed by atoms with Crippen LogP contribution in [0.1, 0.15) is 31.7 Å². The van der Waals surface area contributed by atoms with Gasteiger partial charge in [-0.05, 0) is 5.92 Å². The summed E-state index contributed by atoms with van der Waals surface area (Å²) in [7, 11) is 0. The molecule has 0 aliphatic carbocycles. The minimum Gasteiger partial charge on any atom is -0.364 e. The van der Waals surface area contributed by atoms with E-state index in [-0.39, 0.29) is 0 Å². The molecular formula is C13H21N3S2. The Bertz CT molecular complexity index is 372. The molecule has 1 atom stereocenters. The lowest BCUT2D eigenvalue weighted by molar-refractivity contribution is 0.479. The second-order valence-electron chi connectivity index (χ2n) is 4.48. The first kappa shape index (κ1) is 13.9. The highest BCUT2D eigenvalue weighted by Crippen LogP contribution is 2.30. The van der Waals surface area contributed by atoms with Crippen molar-refractivity contribution >= 4 is 28.3 Å². The zero-order valence-electron chi connectivity index (χ0n) is 11.1. The van der Waals surface area contributed by atoms with Crippen molar-refractivity contribution in [1.29, 1.82) is 0 Å². The van der Waals surface area contributed by atoms with Gasteiger partial charge >= 0.3 is 0 Å². The van der Waals surface area contributed by atoms with E-state index in [2.05, 4.69) is 29.1 Å². The van der Waals surface area contributed by atoms with E-state index in [9.17, 15) is 0 Å². The predicted molar refractivity (Wildman–Crippen MR) is 81.6 cm³/mol. The van der Waals surface area contributed by atoms with E-state index in [0.29, 0.717) is 5.25 Å². The first-order valence-electron chi connectivity index (χ1n) is 6.66. The first-order chi connectivity index (χ1) is 8.83. The molecule has 0 radical (unpaired) electrons. The Labute approximate surface area is 118 Å². The monoisotopic (exact) mass is 283 g/mol. The molecule has 1 aromatic rings. The van der Waals surface area contributed by atoms with Crippen molar-refractivity contribution in [3.05, 3.63) is 16.6 Å². The summed E-state index contributed by atoms with van der Waals surface area (Å²) < 4.78 is 0. The molecule has 2 rings (SSSR count). The van der Waals surface area contributed by atoms with E-state index in [4.69, 9.17) is 0 Å². The summed E-state index contributed by atoms with van der Waals surface area (Å²) in [6, 6.07) is 0. The first-order valence-corrected chi connectivity index (χ1v) is 8.42. The highest BCUT2D eigenvalue weighted by molar-refractivity contribution is 8.14. The number of thiazole rings is 1. The van der Waals surface area contributed by atoms with Gasteiger partial charge in [-0.3, -0.25) is 4.99 Å². The van der Waals surface area contributed by atoms with Crippen molar-refractivity contribution in [1.82, 2.24) is 10.3 Å². The quantitative estimate of drug-likeness (QED) is 0.871. The smallest absolute Gasteiger partial charge is 0.156 e. The average Bonchev–Trinajstić information content (AvgIpc) is 3.03. The fourth-order valence-corrected chi connectivity index (χ4v) is 4.17. The van der Waals surface area contributed by atoms with Crippen molar-refractivity contribution in [3.8, 4) is 0 Å². The van der Waals surface area contributed by atoms with Gasteiger partial charge in [0.05, 0.1) is 11.6 Å². The Morgan fingerprint density at radius 1 is 1.44 bits per heavy atom. The van der Waals surface area contributed by atoms with Gasteiger partial charge in [-0.25, -0.2) is 4.98 Å². The van der Waals surface area contributed by atoms with Crippen molar-refractivity contribution in [2.45, 2.75) is 38.4 Å². The molecule has 100 valence electrons. The maximum atomic E-state index is 4.60. The van der Waals surface area contributed by atoms with Crippen molar-refractivity contribution in [3.63, 3.8) is 0 Å². The van der Waals surface area contributed by atoms with E-state index in [0.717, 1.165) is 30.6 Å². The fourth-order valence-electron chi connectivity index (χ4n) is 2.20. The lowest BCUT2D eigenvalue weighted by atomic mass is 9.99. The van der Waals surface area contributed by atoms with E-state index in [1.54, 1.807) is 11.3 Å². The van der Waals surface area contributed by atoms with Gasteiger partial charge in [0.25, 0.3) is 0 Å². The average molecular weight is 283 g/mol. The largest absolute Gasteiger partial charge is 0.364 e. The summed E-state index contributed by atoms with van der Waals surface area (Å²) in [5, 5.41) is 8.47. The molecule has 1 unspecified atom stereocenters. The number of rotatable bonds is 6. The second kappa shape index (κ2) is 7.14. The highest BCUT2D eigenvalue weighted by atomic mass is 32.2. The van der Waals surface area contributed by atoms with Gasteiger partial charge in [-0.1, -0.05) is 38.5 Å². The standard InChI is InChI=1S/C13H21N3S2/c1-3-10(4-2)11-9-16-13(18-11)15-6-5-12-14-7-8-17-12/h7-8,10-11H,3-6,9H2,1-2H3,(H,15,16). The molecule has 0 bridgehead atoms. The number of aromatic nitrogens is 1. The molecule has 1 aliphatic rings. The number of hydrogen-bond donors (Lipinski definition) is 1. The Morgan fingerprint density at radius 2 is 2.28 bits per heavy atom. The van der Waals surface area contributed by atoms with Crippen LogP contribution in [0.5, 0.6) is 0 Å². The third-order valence-electron chi connectivity index (χ3n) is 3.35. The number of nitrogens with zero attached hydrogens (tertiary/aromatic N) is 2. The molecule has 0 amide bonds. The highest BCUT2D eigenvalue weighted by Gasteiger charge is 2.25. The zero-order valence-corrected chi connectivity index (χ0v) is 12.7. The molecule has 2 heterocycles. The predicted octanol–water partition coefficient (Wildman–Crippen LogP) is 3.18. The van der Waals surface area contributed by atoms with Crippen LogP contribution >= 0.6 is 23.1 Å². The number of aliphatic imine (C=N–C) groups is 1. The van der Waals surface area contributed by atoms with Gasteiger partial charge in [-0.2, -0.15) is 0 Å². The molecule has 18 heavy (non-hydrogen) atoms. The summed E-state index contributed by atoms with van der Waals surface area (Å²) in [6.07, 6.45) is 5.38. The van der Waals surface area contributed by atoms with Crippen LogP contribution in [0.4, 0.5) is 0 Å². The van der Waals surface area contributed by atoms with E-state index < -0.39 is 0 Å². The third-order valence-corrected chi connectivity index (χ3v) is 5.52. The van der Waals surface area contributed by atoms with Crippen LogP contribution in [-0.4, -0.2) is 28.5 Å². The minimum atomic E-state index is 0.683. The van der Waals surface area contributed by atoms with E-state index in [1.165, 1.54) is 17.8 Å². The normalized spacial score (nSPS) is 19.3. The Hall–Kier alpha value is -0.550. The molecule has 0 saturated carbocycles. The van der Waals surface area contributed by atoms with Crippen molar-refractivity contribution in [2.75, 3.05) is 13.1 Å². The molecular weight excluding hydrogens is 262 g/mol. The summed E-state index contributed by atoms with van der Waals surface area (Å²) in [6.45, 7) is 6.48. The van der Waals surface area contributed by atoms with Gasteiger partial charge < -0.3 is 5.32 Å². The Balaban J connectivity index is 1.69. The van der Waals surface area contributed by atoms with Crippen LogP contribution in [0.15, 0.2) is 16.6 Å². The molecule has 0 fully saturated rings. The van der Waals surface area contributed by atoms with Gasteiger partial charge in [0, 0.05) is 29.8 Å². The molecule has 0 saturated heterocycles. The van der Waals surface area contributed by atoms with Crippen molar-refractivity contribution in [2.24, 2.45) is 10.9 Å². The summed E-state index contributed by atoms with van der Waals surface area (Å²) in [5.41, 5.74) is 0. The topological polar surface area (TPSA) is 37.3 Å². The molecule has 1 N–H and O–H groups in total. The molecule has 0 spiro atoms. The third kappa shape index (κ3) is 3.72. The van der Waals surface area contributed by atoms with Gasteiger partial charge in [0.2, 0.25) is 0 Å². The number of nitrogens with one attached hydrogen (secondary N) is 1. The molecule has 0 aromatic carbocycles. The van der Waals surface area contributed by atoms with Gasteiger partial charge in [0.1, 0.15) is 0 Å². The molecule has 1 aliphatic heterocycles. The van der Waals surface area contributed by atoms with Crippen molar-refractivity contribution < 1.29 is 0 Å². The number of amidine groups is 1. The minimum absolute atomic E-state index is 0.683.